The van der Waals surface area contributed by atoms with Gasteiger partial charge in [-0.2, -0.15) is 0 Å². The van der Waals surface area contributed by atoms with Crippen molar-refractivity contribution in [1.82, 2.24) is 0 Å². The Hall–Kier alpha value is -1.97. The molecule has 0 heterocycles. The topological polar surface area (TPSA) is 127 Å². The Kier molecular flexibility index (Phi) is 10.3. The van der Waals surface area contributed by atoms with E-state index in [1.165, 1.54) is 19.2 Å². The SMILES string of the molecule is CC[C@H]1[C@@H](O)[C@@H]2[C@H](CC[C@]3(C)[C@@H]([C@H](C)CCOC(=O)CS(=O)(=O)c4ccc(C(C)(C)C(=O)OC)cc4)CC[C@@H]23)[C@@]2(C)CC[C@@H](O)C[C@@H]12. The van der Waals surface area contributed by atoms with Gasteiger partial charge in [-0.1, -0.05) is 46.2 Å². The fourth-order valence-corrected chi connectivity index (χ4v) is 12.3. The Morgan fingerprint density at radius 3 is 2.26 bits per heavy atom. The fourth-order valence-electron chi connectivity index (χ4n) is 11.2. The van der Waals surface area contributed by atoms with Crippen molar-refractivity contribution >= 4 is 21.8 Å². The summed E-state index contributed by atoms with van der Waals surface area (Å²) in [7, 11) is -2.60. The lowest BCUT2D eigenvalue weighted by Gasteiger charge is -2.64. The van der Waals surface area contributed by atoms with E-state index in [9.17, 15) is 28.2 Å². The van der Waals surface area contributed by atoms with Crippen LogP contribution in [0.1, 0.15) is 105 Å². The molecule has 4 saturated carbocycles. The first-order chi connectivity index (χ1) is 22.0. The molecular weight excluding hydrogens is 616 g/mol. The minimum Gasteiger partial charge on any atom is -0.468 e. The third kappa shape index (κ3) is 6.42. The van der Waals surface area contributed by atoms with E-state index in [1.54, 1.807) is 26.0 Å². The van der Waals surface area contributed by atoms with Gasteiger partial charge in [-0.15, -0.1) is 0 Å². The molecule has 1 aromatic rings. The van der Waals surface area contributed by atoms with Crippen LogP contribution in [0.5, 0.6) is 0 Å². The zero-order chi connectivity index (χ0) is 34.5. The molecule has 8 nitrogen and oxygen atoms in total. The molecule has 5 rings (SSSR count). The van der Waals surface area contributed by atoms with Crippen molar-refractivity contribution in [3.8, 4) is 0 Å². The maximum absolute atomic E-state index is 13.0. The summed E-state index contributed by atoms with van der Waals surface area (Å²) in [6.07, 6.45) is 8.23. The van der Waals surface area contributed by atoms with Gasteiger partial charge in [0.2, 0.25) is 0 Å². The van der Waals surface area contributed by atoms with E-state index in [2.05, 4.69) is 27.7 Å². The lowest BCUT2D eigenvalue weighted by Crippen LogP contribution is -2.62. The van der Waals surface area contributed by atoms with Crippen molar-refractivity contribution in [1.29, 1.82) is 0 Å². The molecule has 2 N–H and O–H groups in total. The summed E-state index contributed by atoms with van der Waals surface area (Å²) in [5.41, 5.74) is -0.0337. The van der Waals surface area contributed by atoms with Gasteiger partial charge in [0.05, 0.1) is 36.2 Å². The summed E-state index contributed by atoms with van der Waals surface area (Å²) in [6.45, 7) is 12.9. The van der Waals surface area contributed by atoms with E-state index in [0.29, 0.717) is 41.6 Å². The van der Waals surface area contributed by atoms with E-state index in [4.69, 9.17) is 9.47 Å². The molecule has 0 spiro atoms. The first-order valence-corrected chi connectivity index (χ1v) is 19.6. The largest absolute Gasteiger partial charge is 0.468 e. The highest BCUT2D eigenvalue weighted by Gasteiger charge is 2.64. The standard InChI is InChI=1S/C38H58O8S/c1-8-27-31-21-25(39)15-18-38(31,6)30-16-19-37(5)28(13-14-29(37)33(30)34(27)41)23(2)17-20-46-32(40)22-47(43,44)26-11-9-24(10-12-26)36(3,4)35(42)45-7/h9-12,23,25,27-31,33-34,39,41H,8,13-22H2,1-7H3/t23-,25-,27-,28-,29+,30+,31+,33+,34-,37-,38-/m1/s1. The molecule has 11 atom stereocenters. The molecule has 0 bridgehead atoms. The Bertz CT molecular complexity index is 1400. The van der Waals surface area contributed by atoms with Crippen LogP contribution in [0.4, 0.5) is 0 Å². The van der Waals surface area contributed by atoms with E-state index >= 15 is 0 Å². The number of carbonyl (C=O) groups excluding carboxylic acids is 2. The number of hydrogen-bond donors (Lipinski definition) is 2. The van der Waals surface area contributed by atoms with Crippen molar-refractivity contribution in [2.24, 2.45) is 52.3 Å². The maximum atomic E-state index is 13.0. The molecule has 0 saturated heterocycles. The van der Waals surface area contributed by atoms with Crippen LogP contribution in [0.25, 0.3) is 0 Å². The number of rotatable bonds is 10. The number of benzene rings is 1. The number of carbonyl (C=O) groups is 2. The molecule has 47 heavy (non-hydrogen) atoms. The van der Waals surface area contributed by atoms with Crippen molar-refractivity contribution in [2.45, 2.75) is 122 Å². The van der Waals surface area contributed by atoms with Gasteiger partial charge in [-0.25, -0.2) is 8.42 Å². The van der Waals surface area contributed by atoms with Crippen LogP contribution in [-0.2, 0) is 34.3 Å². The summed E-state index contributed by atoms with van der Waals surface area (Å²) in [6, 6.07) is 5.99. The Labute approximate surface area is 282 Å². The maximum Gasteiger partial charge on any atom is 0.321 e. The quantitative estimate of drug-likeness (QED) is 0.285. The van der Waals surface area contributed by atoms with Crippen LogP contribution in [0.2, 0.25) is 0 Å². The van der Waals surface area contributed by atoms with Crippen molar-refractivity contribution in [2.75, 3.05) is 19.5 Å². The number of ether oxygens (including phenoxy) is 2. The highest BCUT2D eigenvalue weighted by molar-refractivity contribution is 7.92. The smallest absolute Gasteiger partial charge is 0.321 e. The molecular formula is C38H58O8S. The number of aliphatic hydroxyl groups is 2. The highest BCUT2D eigenvalue weighted by Crippen LogP contribution is 2.69. The number of sulfone groups is 1. The predicted molar refractivity (Wildman–Crippen MR) is 180 cm³/mol. The molecule has 4 aliphatic rings. The second kappa shape index (κ2) is 13.4. The average molecular weight is 675 g/mol. The molecule has 0 unspecified atom stereocenters. The van der Waals surface area contributed by atoms with Crippen LogP contribution in [0.15, 0.2) is 29.2 Å². The van der Waals surface area contributed by atoms with Crippen LogP contribution in [0, 0.1) is 52.3 Å². The Morgan fingerprint density at radius 1 is 0.979 bits per heavy atom. The van der Waals surface area contributed by atoms with Gasteiger partial charge in [0.25, 0.3) is 0 Å². The van der Waals surface area contributed by atoms with Crippen molar-refractivity contribution in [3.63, 3.8) is 0 Å². The van der Waals surface area contributed by atoms with Gasteiger partial charge in [-0.05, 0) is 135 Å². The summed E-state index contributed by atoms with van der Waals surface area (Å²) < 4.78 is 36.3. The van der Waals surface area contributed by atoms with Crippen LogP contribution in [0.3, 0.4) is 0 Å². The summed E-state index contributed by atoms with van der Waals surface area (Å²) in [4.78, 5) is 24.8. The third-order valence-electron chi connectivity index (χ3n) is 13.9. The molecule has 9 heteroatoms. The third-order valence-corrected chi connectivity index (χ3v) is 15.5. The lowest BCUT2D eigenvalue weighted by atomic mass is 9.41. The zero-order valence-corrected chi connectivity index (χ0v) is 30.4. The number of methoxy groups -OCH3 is 1. The van der Waals surface area contributed by atoms with Gasteiger partial charge in [0.15, 0.2) is 15.6 Å². The first-order valence-electron chi connectivity index (χ1n) is 17.9. The molecule has 4 aliphatic carbocycles. The van der Waals surface area contributed by atoms with E-state index in [0.717, 1.165) is 51.4 Å². The van der Waals surface area contributed by atoms with Gasteiger partial charge in [0, 0.05) is 0 Å². The van der Waals surface area contributed by atoms with Gasteiger partial charge >= 0.3 is 11.9 Å². The molecule has 1 aromatic carbocycles. The number of fused-ring (bicyclic) bond motifs is 5. The average Bonchev–Trinajstić information content (AvgIpc) is 3.38. The molecule has 4 fully saturated rings. The van der Waals surface area contributed by atoms with Crippen molar-refractivity contribution in [3.05, 3.63) is 29.8 Å². The minimum atomic E-state index is -3.91. The monoisotopic (exact) mass is 674 g/mol. The summed E-state index contributed by atoms with van der Waals surface area (Å²) in [5, 5.41) is 22.5. The van der Waals surface area contributed by atoms with Gasteiger partial charge in [0.1, 0.15) is 0 Å². The summed E-state index contributed by atoms with van der Waals surface area (Å²) >= 11 is 0. The zero-order valence-electron chi connectivity index (χ0n) is 29.5. The van der Waals surface area contributed by atoms with Gasteiger partial charge in [-0.3, -0.25) is 9.59 Å². The van der Waals surface area contributed by atoms with E-state index in [1.807, 2.05) is 0 Å². The molecule has 0 amide bonds. The van der Waals surface area contributed by atoms with E-state index in [-0.39, 0.29) is 46.4 Å². The molecule has 264 valence electrons. The van der Waals surface area contributed by atoms with Crippen LogP contribution >= 0.6 is 0 Å². The summed E-state index contributed by atoms with van der Waals surface area (Å²) in [5.74, 6) is 0.677. The van der Waals surface area contributed by atoms with E-state index < -0.39 is 32.9 Å². The first kappa shape index (κ1) is 36.3. The highest BCUT2D eigenvalue weighted by atomic mass is 32.2. The van der Waals surface area contributed by atoms with Crippen molar-refractivity contribution < 1.29 is 37.7 Å². The normalized spacial score (nSPS) is 37.6. The van der Waals surface area contributed by atoms with Crippen LogP contribution < -0.4 is 0 Å². The Balaban J connectivity index is 1.18. The second-order valence-electron chi connectivity index (χ2n) is 16.5. The number of aliphatic hydroxyl groups excluding tert-OH is 2. The molecule has 0 aliphatic heterocycles. The number of hydrogen-bond acceptors (Lipinski definition) is 8. The molecule has 0 aromatic heterocycles. The minimum absolute atomic E-state index is 0.00700. The lowest BCUT2D eigenvalue weighted by molar-refractivity contribution is -0.203. The second-order valence-corrected chi connectivity index (χ2v) is 18.5. The Morgan fingerprint density at radius 2 is 1.62 bits per heavy atom. The van der Waals surface area contributed by atoms with Gasteiger partial charge < -0.3 is 19.7 Å². The van der Waals surface area contributed by atoms with Crippen LogP contribution in [-0.4, -0.2) is 62.2 Å². The molecule has 0 radical (unpaired) electrons. The fraction of sp³-hybridized carbons (Fsp3) is 0.789. The number of esters is 2. The predicted octanol–water partition coefficient (Wildman–Crippen LogP) is 6.11.